The van der Waals surface area contributed by atoms with Crippen molar-refractivity contribution in [1.29, 1.82) is 0 Å². The van der Waals surface area contributed by atoms with Gasteiger partial charge < -0.3 is 15.0 Å². The molecule has 0 aliphatic rings. The Bertz CT molecular complexity index is 561. The molecule has 0 atom stereocenters. The maximum atomic E-state index is 5.37. The normalized spacial score (nSPS) is 11.7. The van der Waals surface area contributed by atoms with Crippen molar-refractivity contribution in [2.75, 3.05) is 32.6 Å². The number of nitrogens with zero attached hydrogens (tertiary/aromatic N) is 2. The minimum atomic E-state index is 0.135. The SMILES string of the molecule is COc1nc(N(C)C)sc1CNCC(C)(C)c1cccs1. The topological polar surface area (TPSA) is 37.4 Å². The van der Waals surface area contributed by atoms with E-state index in [1.165, 1.54) is 4.88 Å². The zero-order chi connectivity index (χ0) is 15.5. The van der Waals surface area contributed by atoms with Gasteiger partial charge in [-0.1, -0.05) is 31.3 Å². The fourth-order valence-electron chi connectivity index (χ4n) is 2.03. The Morgan fingerprint density at radius 3 is 2.71 bits per heavy atom. The quantitative estimate of drug-likeness (QED) is 0.847. The highest BCUT2D eigenvalue weighted by Gasteiger charge is 2.22. The summed E-state index contributed by atoms with van der Waals surface area (Å²) in [6.45, 7) is 6.23. The van der Waals surface area contributed by atoms with Gasteiger partial charge in [0.05, 0.1) is 12.0 Å². The molecule has 0 saturated heterocycles. The van der Waals surface area contributed by atoms with E-state index in [4.69, 9.17) is 4.74 Å². The third kappa shape index (κ3) is 3.96. The molecule has 0 spiro atoms. The molecular weight excluding hydrogens is 302 g/mol. The van der Waals surface area contributed by atoms with Gasteiger partial charge >= 0.3 is 0 Å². The van der Waals surface area contributed by atoms with Gasteiger partial charge in [-0.05, 0) is 11.4 Å². The fraction of sp³-hybridized carbons (Fsp3) is 0.533. The van der Waals surface area contributed by atoms with Gasteiger partial charge in [0.2, 0.25) is 5.88 Å². The van der Waals surface area contributed by atoms with Crippen LogP contribution in [0.15, 0.2) is 17.5 Å². The van der Waals surface area contributed by atoms with Crippen molar-refractivity contribution in [1.82, 2.24) is 10.3 Å². The van der Waals surface area contributed by atoms with Gasteiger partial charge in [0.15, 0.2) is 5.13 Å². The molecule has 0 bridgehead atoms. The molecule has 0 saturated carbocycles. The van der Waals surface area contributed by atoms with E-state index >= 15 is 0 Å². The van der Waals surface area contributed by atoms with Crippen LogP contribution < -0.4 is 15.0 Å². The molecule has 0 amide bonds. The van der Waals surface area contributed by atoms with Gasteiger partial charge in [0.1, 0.15) is 0 Å². The van der Waals surface area contributed by atoms with Crippen LogP contribution in [0.25, 0.3) is 0 Å². The summed E-state index contributed by atoms with van der Waals surface area (Å²) in [5.41, 5.74) is 0.135. The van der Waals surface area contributed by atoms with Crippen LogP contribution in [0.4, 0.5) is 5.13 Å². The zero-order valence-corrected chi connectivity index (χ0v) is 14.9. The first-order valence-corrected chi connectivity index (χ1v) is 8.59. The van der Waals surface area contributed by atoms with Crippen LogP contribution in [-0.2, 0) is 12.0 Å². The van der Waals surface area contributed by atoms with Crippen LogP contribution >= 0.6 is 22.7 Å². The predicted molar refractivity (Wildman–Crippen MR) is 92.0 cm³/mol. The number of methoxy groups -OCH3 is 1. The van der Waals surface area contributed by atoms with E-state index in [2.05, 4.69) is 41.7 Å². The van der Waals surface area contributed by atoms with Crippen molar-refractivity contribution < 1.29 is 4.74 Å². The minimum absolute atomic E-state index is 0.135. The molecule has 0 fully saturated rings. The maximum absolute atomic E-state index is 5.37. The van der Waals surface area contributed by atoms with Crippen molar-refractivity contribution in [2.45, 2.75) is 25.8 Å². The number of thiazole rings is 1. The summed E-state index contributed by atoms with van der Waals surface area (Å²) in [6, 6.07) is 4.31. The van der Waals surface area contributed by atoms with Crippen molar-refractivity contribution in [3.05, 3.63) is 27.3 Å². The molecule has 4 nitrogen and oxygen atoms in total. The second-order valence-electron chi connectivity index (χ2n) is 5.79. The molecule has 21 heavy (non-hydrogen) atoms. The number of anilines is 1. The summed E-state index contributed by atoms with van der Waals surface area (Å²) in [5.74, 6) is 0.727. The highest BCUT2D eigenvalue weighted by molar-refractivity contribution is 7.15. The second kappa shape index (κ2) is 6.77. The number of hydrogen-bond acceptors (Lipinski definition) is 6. The lowest BCUT2D eigenvalue weighted by Crippen LogP contribution is -2.31. The lowest BCUT2D eigenvalue weighted by molar-refractivity contribution is 0.392. The molecule has 2 heterocycles. The fourth-order valence-corrected chi connectivity index (χ4v) is 3.80. The summed E-state index contributed by atoms with van der Waals surface area (Å²) < 4.78 is 5.37. The summed E-state index contributed by atoms with van der Waals surface area (Å²) in [5, 5.41) is 6.64. The molecule has 2 rings (SSSR count). The molecule has 0 unspecified atom stereocenters. The second-order valence-corrected chi connectivity index (χ2v) is 7.80. The molecule has 2 aromatic heterocycles. The average molecular weight is 326 g/mol. The van der Waals surface area contributed by atoms with Crippen LogP contribution in [0.3, 0.4) is 0 Å². The molecule has 6 heteroatoms. The Labute approximate surface area is 134 Å². The van der Waals surface area contributed by atoms with Crippen molar-refractivity contribution in [3.63, 3.8) is 0 Å². The first kappa shape index (κ1) is 16.3. The highest BCUT2D eigenvalue weighted by Crippen LogP contribution is 2.31. The van der Waals surface area contributed by atoms with E-state index < -0.39 is 0 Å². The predicted octanol–water partition coefficient (Wildman–Crippen LogP) is 3.35. The maximum Gasteiger partial charge on any atom is 0.230 e. The minimum Gasteiger partial charge on any atom is -0.480 e. The van der Waals surface area contributed by atoms with E-state index in [1.54, 1.807) is 18.4 Å². The summed E-state index contributed by atoms with van der Waals surface area (Å²) in [7, 11) is 5.67. The Kier molecular flexibility index (Phi) is 5.24. The molecule has 116 valence electrons. The number of rotatable bonds is 7. The standard InChI is InChI=1S/C15H23N3OS2/c1-15(2,12-7-6-8-20-12)10-16-9-11-13(19-5)17-14(21-11)18(3)4/h6-8,16H,9-10H2,1-5H3. The van der Waals surface area contributed by atoms with Crippen LogP contribution in [0.2, 0.25) is 0 Å². The molecule has 0 aliphatic carbocycles. The molecule has 0 aliphatic heterocycles. The molecule has 0 aromatic carbocycles. The number of nitrogens with one attached hydrogen (secondary N) is 1. The van der Waals surface area contributed by atoms with Gasteiger partial charge in [0.25, 0.3) is 0 Å². The van der Waals surface area contributed by atoms with Gasteiger partial charge in [-0.15, -0.1) is 11.3 Å². The third-order valence-corrected chi connectivity index (χ3v) is 5.71. The lowest BCUT2D eigenvalue weighted by Gasteiger charge is -2.23. The van der Waals surface area contributed by atoms with E-state index in [1.807, 2.05) is 30.3 Å². The Hall–Kier alpha value is -1.11. The highest BCUT2D eigenvalue weighted by atomic mass is 32.1. The van der Waals surface area contributed by atoms with Crippen molar-refractivity contribution in [3.8, 4) is 5.88 Å². The van der Waals surface area contributed by atoms with Crippen LogP contribution in [0.5, 0.6) is 5.88 Å². The van der Waals surface area contributed by atoms with E-state index in [-0.39, 0.29) is 5.41 Å². The van der Waals surface area contributed by atoms with E-state index in [0.29, 0.717) is 0 Å². The molecular formula is C15H23N3OS2. The number of hydrogen-bond donors (Lipinski definition) is 1. The molecule has 1 N–H and O–H groups in total. The smallest absolute Gasteiger partial charge is 0.230 e. The first-order valence-electron chi connectivity index (χ1n) is 6.90. The summed E-state index contributed by atoms with van der Waals surface area (Å²) in [6.07, 6.45) is 0. The Morgan fingerprint density at radius 2 is 2.14 bits per heavy atom. The van der Waals surface area contributed by atoms with Crippen LogP contribution in [0.1, 0.15) is 23.6 Å². The third-order valence-electron chi connectivity index (χ3n) is 3.27. The number of aromatic nitrogens is 1. The lowest BCUT2D eigenvalue weighted by atomic mass is 9.91. The molecule has 0 radical (unpaired) electrons. The van der Waals surface area contributed by atoms with Gasteiger partial charge in [-0.2, -0.15) is 4.98 Å². The Balaban J connectivity index is 1.97. The van der Waals surface area contributed by atoms with Crippen molar-refractivity contribution >= 4 is 27.8 Å². The van der Waals surface area contributed by atoms with Gasteiger partial charge in [0, 0.05) is 37.5 Å². The Morgan fingerprint density at radius 1 is 1.38 bits per heavy atom. The number of thiophene rings is 1. The van der Waals surface area contributed by atoms with Crippen LogP contribution in [0, 0.1) is 0 Å². The van der Waals surface area contributed by atoms with Gasteiger partial charge in [-0.25, -0.2) is 0 Å². The summed E-state index contributed by atoms with van der Waals surface area (Å²) >= 11 is 3.48. The van der Waals surface area contributed by atoms with Crippen molar-refractivity contribution in [2.24, 2.45) is 0 Å². The summed E-state index contributed by atoms with van der Waals surface area (Å²) in [4.78, 5) is 9.03. The first-order chi connectivity index (χ1) is 9.94. The van der Waals surface area contributed by atoms with E-state index in [9.17, 15) is 0 Å². The molecule has 2 aromatic rings. The average Bonchev–Trinajstić information content (AvgIpc) is 3.08. The zero-order valence-electron chi connectivity index (χ0n) is 13.3. The number of ether oxygens (including phenoxy) is 1. The largest absolute Gasteiger partial charge is 0.480 e. The van der Waals surface area contributed by atoms with E-state index in [0.717, 1.165) is 29.0 Å². The monoisotopic (exact) mass is 325 g/mol. The van der Waals surface area contributed by atoms with Gasteiger partial charge in [-0.3, -0.25) is 0 Å². The van der Waals surface area contributed by atoms with Crippen LogP contribution in [-0.4, -0.2) is 32.7 Å².